The van der Waals surface area contributed by atoms with Crippen LogP contribution in [-0.2, 0) is 4.79 Å². The normalized spacial score (nSPS) is 14.3. The molecule has 5 heteroatoms. The quantitative estimate of drug-likeness (QED) is 0.373. The first-order valence-electron chi connectivity index (χ1n) is 8.68. The van der Waals surface area contributed by atoms with E-state index in [2.05, 4.69) is 0 Å². The number of rotatable bonds is 4. The van der Waals surface area contributed by atoms with E-state index in [1.165, 1.54) is 12.1 Å². The molecule has 0 saturated heterocycles. The number of aryl methyl sites for hydroxylation is 1. The lowest BCUT2D eigenvalue weighted by molar-refractivity contribution is -0.128. The molecule has 3 aromatic rings. The van der Waals surface area contributed by atoms with Crippen LogP contribution >= 0.6 is 0 Å². The molecule has 0 unspecified atom stereocenters. The van der Waals surface area contributed by atoms with Crippen LogP contribution in [0.1, 0.15) is 27.4 Å². The van der Waals surface area contributed by atoms with E-state index >= 15 is 0 Å². The van der Waals surface area contributed by atoms with Gasteiger partial charge in [-0.3, -0.25) is 4.79 Å². The summed E-state index contributed by atoms with van der Waals surface area (Å²) >= 11 is 0. The van der Waals surface area contributed by atoms with Gasteiger partial charge in [0.05, 0.1) is 5.56 Å². The lowest BCUT2D eigenvalue weighted by Crippen LogP contribution is -2.03. The molecule has 0 fully saturated rings. The number of hydrogen-bond acceptors (Lipinski definition) is 5. The Kier molecular flexibility index (Phi) is 4.64. The van der Waals surface area contributed by atoms with Gasteiger partial charge in [-0.15, -0.1) is 0 Å². The Bertz CT molecular complexity index is 1100. The summed E-state index contributed by atoms with van der Waals surface area (Å²) in [6.45, 7) is 1.82. The molecule has 2 aromatic carbocycles. The van der Waals surface area contributed by atoms with Gasteiger partial charge >= 0.3 is 5.97 Å². The number of ether oxygens (including phenoxy) is 2. The van der Waals surface area contributed by atoms with Gasteiger partial charge < -0.3 is 13.9 Å². The molecule has 1 aliphatic rings. The molecule has 1 aliphatic heterocycles. The van der Waals surface area contributed by atoms with Gasteiger partial charge in [-0.2, -0.15) is 0 Å². The minimum Gasteiger partial charge on any atom is -0.462 e. The van der Waals surface area contributed by atoms with Crippen LogP contribution in [0.25, 0.3) is 12.2 Å². The van der Waals surface area contributed by atoms with Crippen molar-refractivity contribution in [1.29, 1.82) is 0 Å². The van der Waals surface area contributed by atoms with E-state index in [9.17, 15) is 9.59 Å². The molecule has 2 heterocycles. The van der Waals surface area contributed by atoms with Crippen LogP contribution in [0.15, 0.2) is 76.9 Å². The number of hydrogen-bond donors (Lipinski definition) is 0. The molecule has 0 saturated carbocycles. The Balaban J connectivity index is 1.48. The third-order valence-electron chi connectivity index (χ3n) is 4.11. The molecule has 5 nitrogen and oxygen atoms in total. The maximum Gasteiger partial charge on any atom is 0.336 e. The third kappa shape index (κ3) is 3.78. The average Bonchev–Trinajstić information content (AvgIpc) is 3.24. The minimum atomic E-state index is -0.519. The van der Waals surface area contributed by atoms with Crippen LogP contribution in [-0.4, -0.2) is 11.8 Å². The second-order valence-electron chi connectivity index (χ2n) is 6.21. The molecule has 0 aliphatic carbocycles. The highest BCUT2D eigenvalue weighted by Crippen LogP contribution is 2.35. The maximum atomic E-state index is 12.4. The SMILES string of the molecule is Cc1ccc(/C=C2/Oc3cc(OC(=O)/C=C/c4ccccc4)ccc3C2=O)o1. The number of Topliss-reactive ketones (excluding diaryl/α,β-unsaturated/α-hetero) is 1. The van der Waals surface area contributed by atoms with Crippen LogP contribution < -0.4 is 9.47 Å². The zero-order chi connectivity index (χ0) is 19.5. The molecule has 0 N–H and O–H groups in total. The highest BCUT2D eigenvalue weighted by Gasteiger charge is 2.28. The largest absolute Gasteiger partial charge is 0.462 e. The first-order valence-corrected chi connectivity index (χ1v) is 8.68. The van der Waals surface area contributed by atoms with E-state index in [0.29, 0.717) is 22.8 Å². The van der Waals surface area contributed by atoms with E-state index < -0.39 is 5.97 Å². The Labute approximate surface area is 161 Å². The highest BCUT2D eigenvalue weighted by molar-refractivity contribution is 6.14. The Morgan fingerprint density at radius 3 is 2.61 bits per heavy atom. The van der Waals surface area contributed by atoms with Gasteiger partial charge in [0, 0.05) is 18.2 Å². The maximum absolute atomic E-state index is 12.4. The van der Waals surface area contributed by atoms with Crippen LogP contribution in [0.5, 0.6) is 11.5 Å². The fourth-order valence-corrected chi connectivity index (χ4v) is 2.77. The number of fused-ring (bicyclic) bond motifs is 1. The van der Waals surface area contributed by atoms with Crippen molar-refractivity contribution in [3.63, 3.8) is 0 Å². The number of ketones is 1. The molecule has 0 radical (unpaired) electrons. The number of allylic oxidation sites excluding steroid dienone is 1. The molecule has 0 bridgehead atoms. The zero-order valence-corrected chi connectivity index (χ0v) is 15.0. The van der Waals surface area contributed by atoms with Crippen LogP contribution in [0.4, 0.5) is 0 Å². The van der Waals surface area contributed by atoms with Gasteiger partial charge in [-0.05, 0) is 42.8 Å². The fraction of sp³-hybridized carbons (Fsp3) is 0.0435. The summed E-state index contributed by atoms with van der Waals surface area (Å²) in [4.78, 5) is 24.5. The number of esters is 1. The van der Waals surface area contributed by atoms with Gasteiger partial charge in [-0.1, -0.05) is 30.3 Å². The van der Waals surface area contributed by atoms with Crippen molar-refractivity contribution < 1.29 is 23.5 Å². The topological polar surface area (TPSA) is 65.7 Å². The highest BCUT2D eigenvalue weighted by atomic mass is 16.5. The van der Waals surface area contributed by atoms with E-state index in [1.807, 2.05) is 37.3 Å². The third-order valence-corrected chi connectivity index (χ3v) is 4.11. The molecule has 1 aromatic heterocycles. The number of carbonyl (C=O) groups excluding carboxylic acids is 2. The molecule has 4 rings (SSSR count). The molecular weight excluding hydrogens is 356 g/mol. The number of furan rings is 1. The van der Waals surface area contributed by atoms with Crippen molar-refractivity contribution >= 4 is 23.9 Å². The van der Waals surface area contributed by atoms with Crippen molar-refractivity contribution in [3.8, 4) is 11.5 Å². The van der Waals surface area contributed by atoms with Gasteiger partial charge in [0.25, 0.3) is 0 Å². The van der Waals surface area contributed by atoms with Crippen LogP contribution in [0, 0.1) is 6.92 Å². The number of carbonyl (C=O) groups is 2. The average molecular weight is 372 g/mol. The van der Waals surface area contributed by atoms with Gasteiger partial charge in [0.15, 0.2) is 5.76 Å². The summed E-state index contributed by atoms with van der Waals surface area (Å²) in [5.41, 5.74) is 1.31. The second kappa shape index (κ2) is 7.40. The van der Waals surface area contributed by atoms with E-state index in [-0.39, 0.29) is 11.5 Å². The van der Waals surface area contributed by atoms with Crippen molar-refractivity contribution in [2.75, 3.05) is 0 Å². The fourth-order valence-electron chi connectivity index (χ4n) is 2.77. The summed E-state index contributed by atoms with van der Waals surface area (Å²) in [5.74, 6) is 1.32. The first kappa shape index (κ1) is 17.5. The smallest absolute Gasteiger partial charge is 0.336 e. The Morgan fingerprint density at radius 2 is 1.86 bits per heavy atom. The molecule has 0 atom stereocenters. The standard InChI is InChI=1S/C23H16O5/c1-15-7-9-17(26-15)14-21-23(25)19-11-10-18(13-20(19)28-21)27-22(24)12-8-16-5-3-2-4-6-16/h2-14H,1H3/b12-8+,21-14+. The van der Waals surface area contributed by atoms with Crippen LogP contribution in [0.3, 0.4) is 0 Å². The monoisotopic (exact) mass is 372 g/mol. The lowest BCUT2D eigenvalue weighted by Gasteiger charge is -2.03. The predicted molar refractivity (Wildman–Crippen MR) is 104 cm³/mol. The summed E-state index contributed by atoms with van der Waals surface area (Å²) in [7, 11) is 0. The van der Waals surface area contributed by atoms with E-state index in [4.69, 9.17) is 13.9 Å². The molecule has 0 amide bonds. The summed E-state index contributed by atoms with van der Waals surface area (Å²) in [6.07, 6.45) is 4.56. The van der Waals surface area contributed by atoms with Crippen molar-refractivity contribution in [2.24, 2.45) is 0 Å². The lowest BCUT2D eigenvalue weighted by atomic mass is 10.1. The van der Waals surface area contributed by atoms with E-state index in [1.54, 1.807) is 36.4 Å². The molecule has 138 valence electrons. The zero-order valence-electron chi connectivity index (χ0n) is 15.0. The van der Waals surface area contributed by atoms with Crippen molar-refractivity contribution in [3.05, 3.63) is 95.1 Å². The minimum absolute atomic E-state index is 0.164. The Morgan fingerprint density at radius 1 is 1.04 bits per heavy atom. The summed E-state index contributed by atoms with van der Waals surface area (Å²) in [6, 6.07) is 17.7. The molecule has 0 spiro atoms. The van der Waals surface area contributed by atoms with Gasteiger partial charge in [-0.25, -0.2) is 4.79 Å². The van der Waals surface area contributed by atoms with Gasteiger partial charge in [0.2, 0.25) is 5.78 Å². The van der Waals surface area contributed by atoms with Crippen molar-refractivity contribution in [2.45, 2.75) is 6.92 Å². The Hall–Kier alpha value is -3.86. The van der Waals surface area contributed by atoms with Crippen molar-refractivity contribution in [1.82, 2.24) is 0 Å². The van der Waals surface area contributed by atoms with E-state index in [0.717, 1.165) is 11.3 Å². The first-order chi connectivity index (χ1) is 13.6. The predicted octanol–water partition coefficient (Wildman–Crippen LogP) is 4.82. The number of benzene rings is 2. The molecule has 28 heavy (non-hydrogen) atoms. The second-order valence-corrected chi connectivity index (χ2v) is 6.21. The van der Waals surface area contributed by atoms with Crippen LogP contribution in [0.2, 0.25) is 0 Å². The van der Waals surface area contributed by atoms with Gasteiger partial charge in [0.1, 0.15) is 23.0 Å². The molecular formula is C23H16O5. The summed E-state index contributed by atoms with van der Waals surface area (Å²) < 4.78 is 16.4. The summed E-state index contributed by atoms with van der Waals surface area (Å²) in [5, 5.41) is 0.